The second-order valence-electron chi connectivity index (χ2n) is 15.8. The van der Waals surface area contributed by atoms with Crippen LogP contribution in [0.4, 0.5) is 0 Å². The molecule has 2 aliphatic rings. The van der Waals surface area contributed by atoms with E-state index in [1.54, 1.807) is 24.3 Å². The number of benzene rings is 7. The van der Waals surface area contributed by atoms with E-state index in [1.165, 1.54) is 34.1 Å². The van der Waals surface area contributed by atoms with E-state index in [2.05, 4.69) is 0 Å². The van der Waals surface area contributed by atoms with Crippen LogP contribution in [0.15, 0.2) is 107 Å². The third kappa shape index (κ3) is 8.15. The van der Waals surface area contributed by atoms with Crippen molar-refractivity contribution in [3.63, 3.8) is 0 Å². The predicted octanol–water partition coefficient (Wildman–Crippen LogP) is 6.54. The third-order valence-electron chi connectivity index (χ3n) is 11.0. The molecular weight excluding hydrogens is 833 g/mol. The van der Waals surface area contributed by atoms with Crippen LogP contribution < -0.4 is 0 Å². The highest BCUT2D eigenvalue weighted by Gasteiger charge is 2.36. The zero-order valence-corrected chi connectivity index (χ0v) is 36.5. The average Bonchev–Trinajstić information content (AvgIpc) is 3.21. The lowest BCUT2D eigenvalue weighted by atomic mass is 9.82. The normalized spacial score (nSPS) is 14.0. The highest BCUT2D eigenvalue weighted by atomic mass is 32.2. The second-order valence-corrected chi connectivity index (χ2v) is 18.7. The SMILES string of the molecule is CN(C)CCN1C(=O)c2ccc3c4ccc5c6c(ccc(c7ccc(c2c37)C1=O)c64)C(=O)N(CCN(C)C)C5=O.Cc1ccc(S(=O)(=O)O)cc1.Cc1ccc(S(=O)(=O)O)cc1. The summed E-state index contributed by atoms with van der Waals surface area (Å²) in [7, 11) is -0.394. The van der Waals surface area contributed by atoms with Crippen molar-refractivity contribution in [2.24, 2.45) is 0 Å². The topological polar surface area (TPSA) is 190 Å². The minimum absolute atomic E-state index is 0.0666. The molecule has 2 heterocycles. The molecule has 9 rings (SSSR count). The fourth-order valence-corrected chi connectivity index (χ4v) is 8.75. The van der Waals surface area contributed by atoms with Gasteiger partial charge in [0.1, 0.15) is 0 Å². The van der Waals surface area contributed by atoms with Crippen molar-refractivity contribution < 1.29 is 45.1 Å². The summed E-state index contributed by atoms with van der Waals surface area (Å²) in [6.45, 7) is 5.47. The number of amides is 4. The molecule has 0 bridgehead atoms. The first kappa shape index (κ1) is 43.9. The molecule has 4 amide bonds. The maximum Gasteiger partial charge on any atom is 0.294 e. The molecule has 0 saturated carbocycles. The Balaban J connectivity index is 0.000000214. The van der Waals surface area contributed by atoms with Crippen LogP contribution >= 0.6 is 0 Å². The highest BCUT2D eigenvalue weighted by molar-refractivity contribution is 7.86. The van der Waals surface area contributed by atoms with Crippen molar-refractivity contribution in [1.29, 1.82) is 0 Å². The molecule has 0 spiro atoms. The second kappa shape index (κ2) is 16.6. The van der Waals surface area contributed by atoms with Crippen molar-refractivity contribution >= 4 is 87.0 Å². The molecule has 320 valence electrons. The van der Waals surface area contributed by atoms with Gasteiger partial charge < -0.3 is 9.80 Å². The van der Waals surface area contributed by atoms with Crippen LogP contribution in [0.2, 0.25) is 0 Å². The zero-order valence-electron chi connectivity index (χ0n) is 34.8. The Labute approximate surface area is 358 Å². The van der Waals surface area contributed by atoms with Gasteiger partial charge >= 0.3 is 0 Å². The Kier molecular flexibility index (Phi) is 11.8. The summed E-state index contributed by atoms with van der Waals surface area (Å²) in [4.78, 5) is 60.5. The van der Waals surface area contributed by atoms with Crippen molar-refractivity contribution in [1.82, 2.24) is 19.6 Å². The molecule has 16 heteroatoms. The first-order chi connectivity index (χ1) is 29.2. The molecule has 0 radical (unpaired) electrons. The quantitative estimate of drug-likeness (QED) is 0.0728. The van der Waals surface area contributed by atoms with E-state index in [0.717, 1.165) is 43.4 Å². The largest absolute Gasteiger partial charge is 0.308 e. The number of nitrogens with zero attached hydrogens (tertiary/aromatic N) is 4. The van der Waals surface area contributed by atoms with Crippen molar-refractivity contribution in [2.45, 2.75) is 23.6 Å². The number of imide groups is 2. The fraction of sp³-hybridized carbons (Fsp3) is 0.217. The Hall–Kier alpha value is -6.14. The Bertz CT molecular complexity index is 2850. The summed E-state index contributed by atoms with van der Waals surface area (Å²) < 4.78 is 59.1. The highest BCUT2D eigenvalue weighted by Crippen LogP contribution is 2.46. The Morgan fingerprint density at radius 3 is 0.903 bits per heavy atom. The molecule has 7 aromatic rings. The van der Waals surface area contributed by atoms with E-state index in [0.29, 0.717) is 59.2 Å². The van der Waals surface area contributed by atoms with Crippen molar-refractivity contribution in [3.05, 3.63) is 130 Å². The van der Waals surface area contributed by atoms with Gasteiger partial charge in [-0.15, -0.1) is 0 Å². The first-order valence-corrected chi connectivity index (χ1v) is 22.4. The van der Waals surface area contributed by atoms with Gasteiger partial charge in [0, 0.05) is 59.2 Å². The molecule has 2 aliphatic heterocycles. The Morgan fingerprint density at radius 2 is 0.677 bits per heavy atom. The number of likely N-dealkylation sites (N-methyl/N-ethyl adjacent to an activating group) is 2. The first-order valence-electron chi connectivity index (χ1n) is 19.5. The van der Waals surface area contributed by atoms with E-state index in [1.807, 2.05) is 100 Å². The summed E-state index contributed by atoms with van der Waals surface area (Å²) in [5.41, 5.74) is 3.99. The smallest absolute Gasteiger partial charge is 0.294 e. The number of hydrogen-bond acceptors (Lipinski definition) is 10. The monoisotopic (exact) mass is 876 g/mol. The van der Waals surface area contributed by atoms with Crippen LogP contribution in [0.25, 0.3) is 43.1 Å². The van der Waals surface area contributed by atoms with Crippen LogP contribution in [-0.2, 0) is 20.2 Å². The third-order valence-corrected chi connectivity index (χ3v) is 12.7. The molecule has 2 N–H and O–H groups in total. The molecular formula is C46H44N4O10S2. The van der Waals surface area contributed by atoms with Crippen molar-refractivity contribution in [3.8, 4) is 0 Å². The van der Waals surface area contributed by atoms with Gasteiger partial charge in [0.15, 0.2) is 0 Å². The summed E-state index contributed by atoms with van der Waals surface area (Å²) in [5.74, 6) is -1.14. The van der Waals surface area contributed by atoms with Gasteiger partial charge in [-0.1, -0.05) is 59.7 Å². The van der Waals surface area contributed by atoms with E-state index < -0.39 is 20.2 Å². The maximum atomic E-state index is 13.5. The number of carbonyl (C=O) groups excluding carboxylic acids is 4. The predicted molar refractivity (Wildman–Crippen MR) is 237 cm³/mol. The molecule has 0 aliphatic carbocycles. The number of fused-ring (bicyclic) bond motifs is 2. The summed E-state index contributed by atoms with van der Waals surface area (Å²) >= 11 is 0. The van der Waals surface area contributed by atoms with E-state index in [4.69, 9.17) is 9.11 Å². The van der Waals surface area contributed by atoms with Gasteiger partial charge in [0.05, 0.1) is 9.79 Å². The van der Waals surface area contributed by atoms with E-state index >= 15 is 0 Å². The molecule has 0 unspecified atom stereocenters. The molecule has 7 aromatic carbocycles. The number of rotatable bonds is 8. The van der Waals surface area contributed by atoms with Gasteiger partial charge in [0.2, 0.25) is 0 Å². The fourth-order valence-electron chi connectivity index (χ4n) is 7.79. The lowest BCUT2D eigenvalue weighted by Crippen LogP contribution is -2.43. The standard InChI is InChI=1S/C32H28N4O4.2C7H8O3S/c1-33(2)13-15-35-29(37)21-9-5-17-19-7-11-23-28-24(32(40)36(31(23)39)16-14-34(3)4)12-8-20(26(19)28)18-6-10-22(30(35)38)27(21)25(17)18;2*1-6-2-4-7(5-3-6)11(8,9)10/h5-12H,13-16H2,1-4H3;2*2-5H,1H3,(H,8,9,10). The van der Waals surface area contributed by atoms with Gasteiger partial charge in [-0.3, -0.25) is 38.1 Å². The van der Waals surface area contributed by atoms with Gasteiger partial charge in [-0.25, -0.2) is 0 Å². The number of carbonyl (C=O) groups is 4. The minimum atomic E-state index is -4.02. The lowest BCUT2D eigenvalue weighted by molar-refractivity contribution is 0.0585. The number of aryl methyl sites for hydroxylation is 2. The van der Waals surface area contributed by atoms with Crippen LogP contribution in [0.3, 0.4) is 0 Å². The number of hydrogen-bond donors (Lipinski definition) is 2. The minimum Gasteiger partial charge on any atom is -0.308 e. The van der Waals surface area contributed by atoms with E-state index in [-0.39, 0.29) is 33.4 Å². The van der Waals surface area contributed by atoms with Gasteiger partial charge in [-0.2, -0.15) is 16.8 Å². The molecule has 14 nitrogen and oxygen atoms in total. The molecule has 0 saturated heterocycles. The molecule has 0 atom stereocenters. The Morgan fingerprint density at radius 1 is 0.419 bits per heavy atom. The molecule has 62 heavy (non-hydrogen) atoms. The molecule has 0 fully saturated rings. The maximum absolute atomic E-state index is 13.5. The summed E-state index contributed by atoms with van der Waals surface area (Å²) in [6, 6.07) is 27.0. The summed E-state index contributed by atoms with van der Waals surface area (Å²) in [5, 5.41) is 6.64. The van der Waals surface area contributed by atoms with Crippen LogP contribution in [0.5, 0.6) is 0 Å². The van der Waals surface area contributed by atoms with Crippen LogP contribution in [0.1, 0.15) is 52.6 Å². The van der Waals surface area contributed by atoms with Crippen LogP contribution in [0, 0.1) is 13.8 Å². The van der Waals surface area contributed by atoms with Gasteiger partial charge in [-0.05, 0) is 123 Å². The summed E-state index contributed by atoms with van der Waals surface area (Å²) in [6.07, 6.45) is 0. The van der Waals surface area contributed by atoms with E-state index in [9.17, 15) is 36.0 Å². The van der Waals surface area contributed by atoms with Crippen LogP contribution in [-0.4, -0.2) is 124 Å². The zero-order chi connectivity index (χ0) is 45.0. The average molecular weight is 877 g/mol. The lowest BCUT2D eigenvalue weighted by Gasteiger charge is -2.30. The van der Waals surface area contributed by atoms with Gasteiger partial charge in [0.25, 0.3) is 43.9 Å². The molecule has 0 aromatic heterocycles. The van der Waals surface area contributed by atoms with Crippen molar-refractivity contribution in [2.75, 3.05) is 54.4 Å².